The highest BCUT2D eigenvalue weighted by molar-refractivity contribution is 9.10. The molecule has 0 radical (unpaired) electrons. The molecule has 1 unspecified atom stereocenters. The van der Waals surface area contributed by atoms with Gasteiger partial charge in [0.05, 0.1) is 22.8 Å². The predicted molar refractivity (Wildman–Crippen MR) is 53.0 cm³/mol. The third-order valence-corrected chi connectivity index (χ3v) is 2.16. The minimum atomic E-state index is -0.0945. The molecule has 0 amide bonds. The van der Waals surface area contributed by atoms with Gasteiger partial charge in [-0.2, -0.15) is 10.4 Å². The number of halogens is 1. The average Bonchev–Trinajstić information content (AvgIpc) is 2.53. The van der Waals surface area contributed by atoms with Gasteiger partial charge in [-0.05, 0) is 29.4 Å². The first-order valence-corrected chi connectivity index (χ1v) is 4.80. The summed E-state index contributed by atoms with van der Waals surface area (Å²) in [4.78, 5) is 0. The summed E-state index contributed by atoms with van der Waals surface area (Å²) < 4.78 is 2.77. The van der Waals surface area contributed by atoms with E-state index in [9.17, 15) is 0 Å². The van der Waals surface area contributed by atoms with Gasteiger partial charge < -0.3 is 5.32 Å². The van der Waals surface area contributed by atoms with E-state index in [4.69, 9.17) is 5.26 Å². The molecular formula is C8H11BrN4. The zero-order valence-corrected chi connectivity index (χ0v) is 8.95. The minimum Gasteiger partial charge on any atom is -0.305 e. The van der Waals surface area contributed by atoms with E-state index in [1.807, 2.05) is 10.9 Å². The number of hydrogen-bond acceptors (Lipinski definition) is 3. The van der Waals surface area contributed by atoms with Crippen LogP contribution in [0.1, 0.15) is 6.42 Å². The Labute approximate surface area is 85.7 Å². The van der Waals surface area contributed by atoms with Gasteiger partial charge in [0.2, 0.25) is 0 Å². The molecule has 1 aromatic heterocycles. The lowest BCUT2D eigenvalue weighted by atomic mass is 10.2. The molecule has 0 aliphatic heterocycles. The van der Waals surface area contributed by atoms with Gasteiger partial charge in [-0.15, -0.1) is 0 Å². The second kappa shape index (κ2) is 5.00. The van der Waals surface area contributed by atoms with Crippen LogP contribution in [0, 0.1) is 11.3 Å². The molecule has 1 N–H and O–H groups in total. The van der Waals surface area contributed by atoms with Crippen LogP contribution in [0.2, 0.25) is 0 Å². The van der Waals surface area contributed by atoms with Crippen LogP contribution in [0.3, 0.4) is 0 Å². The third kappa shape index (κ3) is 3.17. The highest BCUT2D eigenvalue weighted by Gasteiger charge is 2.03. The monoisotopic (exact) mass is 242 g/mol. The van der Waals surface area contributed by atoms with Crippen molar-refractivity contribution in [1.82, 2.24) is 15.1 Å². The van der Waals surface area contributed by atoms with Crippen molar-refractivity contribution < 1.29 is 0 Å². The molecule has 1 rings (SSSR count). The van der Waals surface area contributed by atoms with Gasteiger partial charge in [0.25, 0.3) is 0 Å². The Morgan fingerprint density at radius 1 is 1.85 bits per heavy atom. The molecule has 13 heavy (non-hydrogen) atoms. The second-order valence-electron chi connectivity index (χ2n) is 2.68. The van der Waals surface area contributed by atoms with Gasteiger partial charge in [-0.25, -0.2) is 0 Å². The van der Waals surface area contributed by atoms with Crippen molar-refractivity contribution in [2.45, 2.75) is 19.0 Å². The van der Waals surface area contributed by atoms with Crippen molar-refractivity contribution in [1.29, 1.82) is 5.26 Å². The number of nitrogens with one attached hydrogen (secondary N) is 1. The number of aryl methyl sites for hydroxylation is 1. The fraction of sp³-hybridized carbons (Fsp3) is 0.500. The standard InChI is InChI=1S/C8H11BrN4/c1-11-8(4-10)2-3-13-6-7(9)5-12-13/h5-6,8,11H,2-3H2,1H3. The molecule has 70 valence electrons. The summed E-state index contributed by atoms with van der Waals surface area (Å²) in [5.41, 5.74) is 0. The van der Waals surface area contributed by atoms with Gasteiger partial charge in [0.1, 0.15) is 0 Å². The number of nitriles is 1. The summed E-state index contributed by atoms with van der Waals surface area (Å²) in [5, 5.41) is 15.7. The Hall–Kier alpha value is -0.860. The van der Waals surface area contributed by atoms with Crippen LogP contribution in [0.4, 0.5) is 0 Å². The molecule has 0 fully saturated rings. The molecule has 1 aromatic rings. The highest BCUT2D eigenvalue weighted by Crippen LogP contribution is 2.06. The van der Waals surface area contributed by atoms with Crippen molar-refractivity contribution in [3.63, 3.8) is 0 Å². The lowest BCUT2D eigenvalue weighted by Crippen LogP contribution is -2.24. The van der Waals surface area contributed by atoms with Crippen molar-refractivity contribution in [2.24, 2.45) is 0 Å². The first-order chi connectivity index (χ1) is 6.26. The van der Waals surface area contributed by atoms with Crippen LogP contribution in [-0.2, 0) is 6.54 Å². The molecule has 5 heteroatoms. The molecule has 0 aliphatic carbocycles. The third-order valence-electron chi connectivity index (χ3n) is 1.75. The maximum Gasteiger partial charge on any atom is 0.0968 e. The van der Waals surface area contributed by atoms with Crippen LogP contribution in [0.5, 0.6) is 0 Å². The van der Waals surface area contributed by atoms with E-state index >= 15 is 0 Å². The Morgan fingerprint density at radius 2 is 2.62 bits per heavy atom. The smallest absolute Gasteiger partial charge is 0.0968 e. The zero-order chi connectivity index (χ0) is 9.68. The quantitative estimate of drug-likeness (QED) is 0.862. The van der Waals surface area contributed by atoms with E-state index in [0.29, 0.717) is 0 Å². The molecule has 0 bridgehead atoms. The fourth-order valence-corrected chi connectivity index (χ4v) is 1.32. The first-order valence-electron chi connectivity index (χ1n) is 4.01. The van der Waals surface area contributed by atoms with Crippen molar-refractivity contribution >= 4 is 15.9 Å². The molecule has 0 aliphatic rings. The fourth-order valence-electron chi connectivity index (χ4n) is 0.995. The maximum atomic E-state index is 8.66. The number of aromatic nitrogens is 2. The second-order valence-corrected chi connectivity index (χ2v) is 3.60. The number of rotatable bonds is 4. The average molecular weight is 243 g/mol. The molecule has 4 nitrogen and oxygen atoms in total. The van der Waals surface area contributed by atoms with Crippen LogP contribution in [0.25, 0.3) is 0 Å². The van der Waals surface area contributed by atoms with Crippen LogP contribution in [0.15, 0.2) is 16.9 Å². The highest BCUT2D eigenvalue weighted by atomic mass is 79.9. The van der Waals surface area contributed by atoms with E-state index in [1.54, 1.807) is 13.2 Å². The van der Waals surface area contributed by atoms with Crippen molar-refractivity contribution in [2.75, 3.05) is 7.05 Å². The van der Waals surface area contributed by atoms with E-state index in [-0.39, 0.29) is 6.04 Å². The Kier molecular flexibility index (Phi) is 3.93. The lowest BCUT2D eigenvalue weighted by Gasteiger charge is -2.06. The normalized spacial score (nSPS) is 12.4. The van der Waals surface area contributed by atoms with E-state index in [0.717, 1.165) is 17.4 Å². The van der Waals surface area contributed by atoms with Crippen molar-refractivity contribution in [3.8, 4) is 6.07 Å². The zero-order valence-electron chi connectivity index (χ0n) is 7.37. The van der Waals surface area contributed by atoms with Crippen LogP contribution < -0.4 is 5.32 Å². The SMILES string of the molecule is CNC(C#N)CCn1cc(Br)cn1. The summed E-state index contributed by atoms with van der Waals surface area (Å²) in [7, 11) is 1.78. The number of nitrogens with zero attached hydrogens (tertiary/aromatic N) is 3. The predicted octanol–water partition coefficient (Wildman–Crippen LogP) is 1.15. The minimum absolute atomic E-state index is 0.0945. The maximum absolute atomic E-state index is 8.66. The van der Waals surface area contributed by atoms with Crippen LogP contribution >= 0.6 is 15.9 Å². The topological polar surface area (TPSA) is 53.6 Å². The van der Waals surface area contributed by atoms with Gasteiger partial charge in [-0.3, -0.25) is 4.68 Å². The molecule has 0 saturated carbocycles. The lowest BCUT2D eigenvalue weighted by molar-refractivity contribution is 0.518. The largest absolute Gasteiger partial charge is 0.305 e. The van der Waals surface area contributed by atoms with Gasteiger partial charge in [0.15, 0.2) is 0 Å². The molecule has 0 aromatic carbocycles. The first kappa shape index (κ1) is 10.2. The molecular weight excluding hydrogens is 232 g/mol. The summed E-state index contributed by atoms with van der Waals surface area (Å²) >= 11 is 3.31. The number of hydrogen-bond donors (Lipinski definition) is 1. The molecule has 1 heterocycles. The Balaban J connectivity index is 2.39. The van der Waals surface area contributed by atoms with E-state index in [2.05, 4.69) is 32.4 Å². The van der Waals surface area contributed by atoms with Crippen molar-refractivity contribution in [3.05, 3.63) is 16.9 Å². The molecule has 0 saturated heterocycles. The van der Waals surface area contributed by atoms with Gasteiger partial charge in [-0.1, -0.05) is 0 Å². The molecule has 1 atom stereocenters. The van der Waals surface area contributed by atoms with E-state index in [1.165, 1.54) is 0 Å². The van der Waals surface area contributed by atoms with Gasteiger partial charge in [0, 0.05) is 12.7 Å². The molecule has 0 spiro atoms. The summed E-state index contributed by atoms with van der Waals surface area (Å²) in [6, 6.07) is 2.07. The summed E-state index contributed by atoms with van der Waals surface area (Å²) in [6.45, 7) is 0.755. The summed E-state index contributed by atoms with van der Waals surface area (Å²) in [6.07, 6.45) is 4.39. The van der Waals surface area contributed by atoms with Crippen LogP contribution in [-0.4, -0.2) is 22.9 Å². The summed E-state index contributed by atoms with van der Waals surface area (Å²) in [5.74, 6) is 0. The van der Waals surface area contributed by atoms with Gasteiger partial charge >= 0.3 is 0 Å². The van der Waals surface area contributed by atoms with E-state index < -0.39 is 0 Å². The Bertz CT molecular complexity index is 301. The Morgan fingerprint density at radius 3 is 3.08 bits per heavy atom.